The lowest BCUT2D eigenvalue weighted by atomic mass is 9.63. The minimum Gasteiger partial charge on any atom is -0.342 e. The largest absolute Gasteiger partial charge is 0.342 e. The number of halogens is 1. The molecule has 1 N–H and O–H groups in total. The normalized spacial score (nSPS) is 13.4. The summed E-state index contributed by atoms with van der Waals surface area (Å²) >= 11 is 2.46. The highest BCUT2D eigenvalue weighted by Gasteiger charge is 2.29. The quantitative estimate of drug-likeness (QED) is 0.568. The Balaban J connectivity index is 3.99. The van der Waals surface area contributed by atoms with Crippen molar-refractivity contribution in [2.24, 2.45) is 0 Å². The molecule has 0 aliphatic carbocycles. The van der Waals surface area contributed by atoms with E-state index in [-0.39, 0.29) is 5.54 Å². The third-order valence-electron chi connectivity index (χ3n) is 1.32. The van der Waals surface area contributed by atoms with E-state index < -0.39 is 0 Å². The molecule has 0 aromatic heterocycles. The summed E-state index contributed by atoms with van der Waals surface area (Å²) in [5.41, 5.74) is 0.221. The highest BCUT2D eigenvalue weighted by Crippen LogP contribution is 2.29. The summed E-state index contributed by atoms with van der Waals surface area (Å²) in [5.74, 6) is 0. The molecule has 0 aliphatic rings. The monoisotopic (exact) mass is 267 g/mol. The van der Waals surface area contributed by atoms with Gasteiger partial charge in [0.25, 0.3) is 0 Å². The predicted molar refractivity (Wildman–Crippen MR) is 62.4 cm³/mol. The molecule has 0 unspecified atom stereocenters. The van der Waals surface area contributed by atoms with Gasteiger partial charge in [0.15, 0.2) is 0 Å². The van der Waals surface area contributed by atoms with Gasteiger partial charge in [0.2, 0.25) is 0 Å². The molecule has 0 spiro atoms. The summed E-state index contributed by atoms with van der Waals surface area (Å²) in [5, 5.41) is 3.89. The lowest BCUT2D eigenvalue weighted by Crippen LogP contribution is -2.47. The van der Waals surface area contributed by atoms with Crippen molar-refractivity contribution in [3.8, 4) is 0 Å². The Morgan fingerprint density at radius 1 is 1.00 bits per heavy atom. The molecule has 0 amide bonds. The molecule has 0 bridgehead atoms. The van der Waals surface area contributed by atoms with Crippen LogP contribution in [0.5, 0.6) is 0 Å². The van der Waals surface area contributed by atoms with Crippen LogP contribution in [0.1, 0.15) is 41.5 Å². The maximum absolute atomic E-state index is 3.55. The Hall–Kier alpha value is 0.755. The van der Waals surface area contributed by atoms with Crippen LogP contribution in [0.2, 0.25) is 5.31 Å². The summed E-state index contributed by atoms with van der Waals surface area (Å²) in [6, 6.07) is 0. The van der Waals surface area contributed by atoms with E-state index in [1.165, 1.54) is 0 Å². The molecule has 1 nitrogen and oxygen atoms in total. The van der Waals surface area contributed by atoms with E-state index in [4.69, 9.17) is 0 Å². The second kappa shape index (κ2) is 3.65. The van der Waals surface area contributed by atoms with Crippen molar-refractivity contribution in [3.05, 3.63) is 0 Å². The van der Waals surface area contributed by atoms with Crippen LogP contribution in [0, 0.1) is 0 Å². The van der Waals surface area contributed by atoms with Gasteiger partial charge in [-0.25, -0.2) is 0 Å². The van der Waals surface area contributed by atoms with E-state index in [0.29, 0.717) is 10.0 Å². The molecule has 0 atom stereocenters. The molecule has 0 aromatic carbocycles. The van der Waals surface area contributed by atoms with E-state index in [0.717, 1.165) is 0 Å². The Labute approximate surface area is 84.7 Å². The van der Waals surface area contributed by atoms with Gasteiger partial charge >= 0.3 is 4.70 Å². The van der Waals surface area contributed by atoms with Crippen molar-refractivity contribution in [2.75, 3.05) is 0 Å². The lowest BCUT2D eigenvalue weighted by molar-refractivity contribution is 0.510. The molecule has 0 aromatic rings. The van der Waals surface area contributed by atoms with Crippen LogP contribution in [-0.4, -0.2) is 10.2 Å². The van der Waals surface area contributed by atoms with Gasteiger partial charge in [-0.15, -0.1) is 22.4 Å². The Morgan fingerprint density at radius 3 is 1.45 bits per heavy atom. The zero-order chi connectivity index (χ0) is 9.28. The molecule has 0 saturated carbocycles. The Bertz CT molecular complexity index is 123. The van der Waals surface area contributed by atoms with E-state index in [1.54, 1.807) is 0 Å². The standard InChI is InChI=1S/C8H19BIN/c1-7(2,3)9(10)11-8(4,5)6/h11H,1-6H3. The molecule has 0 aliphatic heterocycles. The molecule has 11 heavy (non-hydrogen) atoms. The fraction of sp³-hybridized carbons (Fsp3) is 1.00. The minimum absolute atomic E-state index is 0.221. The van der Waals surface area contributed by atoms with Crippen molar-refractivity contribution in [1.82, 2.24) is 5.23 Å². The van der Waals surface area contributed by atoms with Crippen molar-refractivity contribution >= 4 is 27.1 Å². The van der Waals surface area contributed by atoms with Gasteiger partial charge in [-0.1, -0.05) is 20.8 Å². The highest BCUT2D eigenvalue weighted by atomic mass is 127. The van der Waals surface area contributed by atoms with Gasteiger partial charge < -0.3 is 5.23 Å². The first kappa shape index (κ1) is 11.8. The highest BCUT2D eigenvalue weighted by molar-refractivity contribution is 14.1. The topological polar surface area (TPSA) is 12.0 Å². The van der Waals surface area contributed by atoms with Crippen LogP contribution in [0.4, 0.5) is 0 Å². The lowest BCUT2D eigenvalue weighted by Gasteiger charge is -2.30. The third kappa shape index (κ3) is 5.97. The minimum atomic E-state index is 0.221. The van der Waals surface area contributed by atoms with Gasteiger partial charge in [0.05, 0.1) is 0 Å². The van der Waals surface area contributed by atoms with Gasteiger partial charge in [-0.05, 0) is 26.1 Å². The van der Waals surface area contributed by atoms with Gasteiger partial charge in [0, 0.05) is 5.54 Å². The Kier molecular flexibility index (Phi) is 3.90. The van der Waals surface area contributed by atoms with Crippen molar-refractivity contribution in [1.29, 1.82) is 0 Å². The summed E-state index contributed by atoms with van der Waals surface area (Å²) < 4.78 is 0.528. The van der Waals surface area contributed by atoms with Crippen LogP contribution in [0.3, 0.4) is 0 Å². The van der Waals surface area contributed by atoms with Crippen LogP contribution >= 0.6 is 22.4 Å². The third-order valence-corrected chi connectivity index (χ3v) is 3.50. The number of nitrogens with one attached hydrogen (secondary N) is 1. The van der Waals surface area contributed by atoms with Gasteiger partial charge in [-0.2, -0.15) is 0 Å². The first-order chi connectivity index (χ1) is 4.63. The number of rotatable bonds is 1. The zero-order valence-electron chi connectivity index (χ0n) is 8.46. The zero-order valence-corrected chi connectivity index (χ0v) is 10.6. The summed E-state index contributed by atoms with van der Waals surface area (Å²) in [7, 11) is 0. The average Bonchev–Trinajstić information content (AvgIpc) is 1.56. The SMILES string of the molecule is CC(C)(C)NB(I)C(C)(C)C. The molecular weight excluding hydrogens is 248 g/mol. The predicted octanol–water partition coefficient (Wildman–Crippen LogP) is 3.10. The van der Waals surface area contributed by atoms with Gasteiger partial charge in [-0.3, -0.25) is 0 Å². The maximum atomic E-state index is 3.55. The van der Waals surface area contributed by atoms with E-state index in [9.17, 15) is 0 Å². The molecule has 0 saturated heterocycles. The van der Waals surface area contributed by atoms with Crippen LogP contribution < -0.4 is 5.23 Å². The fourth-order valence-corrected chi connectivity index (χ4v) is 1.53. The molecule has 0 fully saturated rings. The number of hydrogen-bond donors (Lipinski definition) is 1. The summed E-state index contributed by atoms with van der Waals surface area (Å²) in [6.45, 7) is 13.4. The van der Waals surface area contributed by atoms with Crippen LogP contribution in [0.15, 0.2) is 0 Å². The van der Waals surface area contributed by atoms with Gasteiger partial charge in [0.1, 0.15) is 0 Å². The van der Waals surface area contributed by atoms with Crippen molar-refractivity contribution in [3.63, 3.8) is 0 Å². The second-order valence-corrected chi connectivity index (χ2v) is 6.37. The smallest absolute Gasteiger partial charge is 0.300 e. The second-order valence-electron chi connectivity index (χ2n) is 5.12. The first-order valence-corrected chi connectivity index (χ1v) is 5.29. The Morgan fingerprint density at radius 2 is 1.36 bits per heavy atom. The van der Waals surface area contributed by atoms with Crippen molar-refractivity contribution < 1.29 is 0 Å². The molecule has 3 heteroatoms. The summed E-state index contributed by atoms with van der Waals surface area (Å²) in [4.78, 5) is 0. The van der Waals surface area contributed by atoms with E-state index in [1.807, 2.05) is 0 Å². The maximum Gasteiger partial charge on any atom is 0.300 e. The first-order valence-electron chi connectivity index (χ1n) is 4.05. The molecule has 0 rings (SSSR count). The van der Waals surface area contributed by atoms with Crippen LogP contribution in [0.25, 0.3) is 0 Å². The molecule has 66 valence electrons. The molecular formula is C8H19BIN. The summed E-state index contributed by atoms with van der Waals surface area (Å²) in [6.07, 6.45) is 0. The number of hydrogen-bond acceptors (Lipinski definition) is 1. The average molecular weight is 267 g/mol. The molecule has 0 radical (unpaired) electrons. The van der Waals surface area contributed by atoms with Crippen LogP contribution in [-0.2, 0) is 0 Å². The van der Waals surface area contributed by atoms with E-state index in [2.05, 4.69) is 69.1 Å². The fourth-order valence-electron chi connectivity index (χ4n) is 0.597. The van der Waals surface area contributed by atoms with E-state index >= 15 is 0 Å². The molecule has 0 heterocycles. The van der Waals surface area contributed by atoms with Crippen molar-refractivity contribution in [2.45, 2.75) is 52.4 Å².